The molecule has 0 radical (unpaired) electrons. The minimum Gasteiger partial charge on any atom is -0.488 e. The van der Waals surface area contributed by atoms with Crippen molar-refractivity contribution in [1.29, 1.82) is 0 Å². The molecule has 0 amide bonds. The zero-order chi connectivity index (χ0) is 14.1. The van der Waals surface area contributed by atoms with E-state index in [0.29, 0.717) is 13.2 Å². The molecule has 0 saturated heterocycles. The van der Waals surface area contributed by atoms with Gasteiger partial charge < -0.3 is 14.8 Å². The van der Waals surface area contributed by atoms with Gasteiger partial charge in [0.1, 0.15) is 12.4 Å². The van der Waals surface area contributed by atoms with E-state index >= 15 is 0 Å². The zero-order valence-corrected chi connectivity index (χ0v) is 12.4. The molecule has 1 N–H and O–H groups in total. The second kappa shape index (κ2) is 9.23. The summed E-state index contributed by atoms with van der Waals surface area (Å²) in [5.41, 5.74) is 0. The van der Waals surface area contributed by atoms with E-state index in [1.165, 1.54) is 6.07 Å². The van der Waals surface area contributed by atoms with Crippen molar-refractivity contribution in [1.82, 2.24) is 5.32 Å². The lowest BCUT2D eigenvalue weighted by atomic mass is 10.3. The summed E-state index contributed by atoms with van der Waals surface area (Å²) in [6, 6.07) is 1.98. The maximum Gasteiger partial charge on any atom is 0.169 e. The van der Waals surface area contributed by atoms with Gasteiger partial charge in [0.05, 0.1) is 4.47 Å². The molecular weight excluding hydrogens is 320 g/mol. The zero-order valence-electron chi connectivity index (χ0n) is 10.8. The Morgan fingerprint density at radius 3 is 2.68 bits per heavy atom. The lowest BCUT2D eigenvalue weighted by molar-refractivity contribution is 0.144. The minimum atomic E-state index is -0.705. The van der Waals surface area contributed by atoms with Crippen LogP contribution in [0.1, 0.15) is 13.3 Å². The predicted octanol–water partition coefficient (Wildman–Crippen LogP) is 3.12. The molecule has 0 heterocycles. The Kier molecular flexibility index (Phi) is 7.93. The summed E-state index contributed by atoms with van der Waals surface area (Å²) in [7, 11) is 0. The van der Waals surface area contributed by atoms with Gasteiger partial charge in [0.15, 0.2) is 11.6 Å². The second-order valence-electron chi connectivity index (χ2n) is 3.85. The molecule has 0 bridgehead atoms. The number of rotatable bonds is 9. The lowest BCUT2D eigenvalue weighted by Gasteiger charge is -2.10. The Morgan fingerprint density at radius 2 is 2.00 bits per heavy atom. The fraction of sp³-hybridized carbons (Fsp3) is 0.538. The quantitative estimate of drug-likeness (QED) is 0.702. The Labute approximate surface area is 120 Å². The topological polar surface area (TPSA) is 30.5 Å². The smallest absolute Gasteiger partial charge is 0.169 e. The average Bonchev–Trinajstić information content (AvgIpc) is 2.35. The molecule has 1 aromatic carbocycles. The fourth-order valence-electron chi connectivity index (χ4n) is 1.46. The molecule has 0 aliphatic carbocycles. The van der Waals surface area contributed by atoms with Crippen molar-refractivity contribution in [3.63, 3.8) is 0 Å². The van der Waals surface area contributed by atoms with Gasteiger partial charge in [-0.15, -0.1) is 0 Å². The van der Waals surface area contributed by atoms with E-state index in [4.69, 9.17) is 9.47 Å². The van der Waals surface area contributed by atoms with Gasteiger partial charge in [-0.3, -0.25) is 0 Å². The Hall–Kier alpha value is -0.720. The third-order valence-electron chi connectivity index (χ3n) is 2.33. The van der Waals surface area contributed by atoms with Gasteiger partial charge >= 0.3 is 0 Å². The summed E-state index contributed by atoms with van der Waals surface area (Å²) in [5, 5.41) is 3.15. The first-order chi connectivity index (χ1) is 9.15. The molecule has 19 heavy (non-hydrogen) atoms. The molecule has 0 saturated carbocycles. The molecule has 0 aromatic heterocycles. The average molecular weight is 338 g/mol. The first-order valence-electron chi connectivity index (χ1n) is 6.21. The molecule has 1 rings (SSSR count). The van der Waals surface area contributed by atoms with Crippen LogP contribution < -0.4 is 10.1 Å². The molecule has 3 nitrogen and oxygen atoms in total. The minimum absolute atomic E-state index is 0.0394. The molecule has 108 valence electrons. The van der Waals surface area contributed by atoms with Crippen LogP contribution in [0.2, 0.25) is 0 Å². The summed E-state index contributed by atoms with van der Waals surface area (Å²) >= 11 is 3.07. The monoisotopic (exact) mass is 337 g/mol. The van der Waals surface area contributed by atoms with Crippen LogP contribution in [0, 0.1) is 11.6 Å². The van der Waals surface area contributed by atoms with Crippen molar-refractivity contribution in [2.45, 2.75) is 13.3 Å². The van der Waals surface area contributed by atoms with Crippen molar-refractivity contribution in [2.75, 3.05) is 32.9 Å². The first-order valence-corrected chi connectivity index (χ1v) is 7.00. The molecule has 0 spiro atoms. The summed E-state index contributed by atoms with van der Waals surface area (Å²) < 4.78 is 37.0. The molecule has 0 fully saturated rings. The van der Waals surface area contributed by atoms with Crippen LogP contribution in [-0.4, -0.2) is 32.9 Å². The highest BCUT2D eigenvalue weighted by Gasteiger charge is 2.10. The van der Waals surface area contributed by atoms with Gasteiger partial charge in [0, 0.05) is 25.8 Å². The summed E-state index contributed by atoms with van der Waals surface area (Å²) in [6.45, 7) is 5.13. The second-order valence-corrected chi connectivity index (χ2v) is 4.70. The number of nitrogens with one attached hydrogen (secondary N) is 1. The van der Waals surface area contributed by atoms with Gasteiger partial charge in [-0.1, -0.05) is 0 Å². The summed E-state index contributed by atoms with van der Waals surface area (Å²) in [6.07, 6.45) is 0.919. The van der Waals surface area contributed by atoms with Crippen molar-refractivity contribution < 1.29 is 18.3 Å². The van der Waals surface area contributed by atoms with Crippen LogP contribution in [0.15, 0.2) is 16.6 Å². The maximum atomic E-state index is 13.4. The van der Waals surface area contributed by atoms with Crippen LogP contribution in [0.3, 0.4) is 0 Å². The van der Waals surface area contributed by atoms with E-state index in [9.17, 15) is 8.78 Å². The lowest BCUT2D eigenvalue weighted by Crippen LogP contribution is -2.23. The van der Waals surface area contributed by atoms with E-state index in [1.54, 1.807) is 0 Å². The van der Waals surface area contributed by atoms with Gasteiger partial charge in [0.25, 0.3) is 0 Å². The standard InChI is InChI=1S/C13H18BrF2NO2/c1-2-18-6-3-4-17-5-7-19-13-11(14)8-10(15)9-12(13)16/h8-9,17H,2-7H2,1H3. The van der Waals surface area contributed by atoms with Crippen LogP contribution in [-0.2, 0) is 4.74 Å². The van der Waals surface area contributed by atoms with Crippen molar-refractivity contribution in [2.24, 2.45) is 0 Å². The maximum absolute atomic E-state index is 13.4. The molecule has 0 aliphatic heterocycles. The third kappa shape index (κ3) is 6.31. The number of hydrogen-bond donors (Lipinski definition) is 1. The molecule has 0 aliphatic rings. The highest BCUT2D eigenvalue weighted by Crippen LogP contribution is 2.28. The van der Waals surface area contributed by atoms with E-state index in [-0.39, 0.29) is 10.2 Å². The van der Waals surface area contributed by atoms with Gasteiger partial charge in [-0.05, 0) is 41.9 Å². The normalized spacial score (nSPS) is 10.7. The van der Waals surface area contributed by atoms with Gasteiger partial charge in [0.2, 0.25) is 0 Å². The van der Waals surface area contributed by atoms with E-state index in [1.807, 2.05) is 6.92 Å². The van der Waals surface area contributed by atoms with Crippen LogP contribution in [0.25, 0.3) is 0 Å². The Bertz CT molecular complexity index is 368. The third-order valence-corrected chi connectivity index (χ3v) is 2.92. The van der Waals surface area contributed by atoms with Gasteiger partial charge in [-0.2, -0.15) is 0 Å². The predicted molar refractivity (Wildman–Crippen MR) is 73.5 cm³/mol. The Balaban J connectivity index is 2.19. The largest absolute Gasteiger partial charge is 0.488 e. The summed E-state index contributed by atoms with van der Waals surface area (Å²) in [4.78, 5) is 0. The van der Waals surface area contributed by atoms with E-state index in [2.05, 4.69) is 21.2 Å². The van der Waals surface area contributed by atoms with Crippen LogP contribution >= 0.6 is 15.9 Å². The van der Waals surface area contributed by atoms with Crippen LogP contribution in [0.5, 0.6) is 5.75 Å². The van der Waals surface area contributed by atoms with Crippen LogP contribution in [0.4, 0.5) is 8.78 Å². The van der Waals surface area contributed by atoms with Gasteiger partial charge in [-0.25, -0.2) is 8.78 Å². The SMILES string of the molecule is CCOCCCNCCOc1c(F)cc(F)cc1Br. The number of ether oxygens (including phenoxy) is 2. The molecule has 0 atom stereocenters. The fourth-order valence-corrected chi connectivity index (χ4v) is 1.98. The molecule has 1 aromatic rings. The highest BCUT2D eigenvalue weighted by atomic mass is 79.9. The molecular formula is C13H18BrF2NO2. The Morgan fingerprint density at radius 1 is 1.21 bits per heavy atom. The van der Waals surface area contributed by atoms with Crippen molar-refractivity contribution >= 4 is 15.9 Å². The van der Waals surface area contributed by atoms with E-state index in [0.717, 1.165) is 32.2 Å². The number of hydrogen-bond acceptors (Lipinski definition) is 3. The number of halogens is 3. The molecule has 0 unspecified atom stereocenters. The molecule has 6 heteroatoms. The van der Waals surface area contributed by atoms with Crippen molar-refractivity contribution in [3.05, 3.63) is 28.2 Å². The first kappa shape index (κ1) is 16.3. The number of benzene rings is 1. The highest BCUT2D eigenvalue weighted by molar-refractivity contribution is 9.10. The van der Waals surface area contributed by atoms with Crippen molar-refractivity contribution in [3.8, 4) is 5.75 Å². The van der Waals surface area contributed by atoms with E-state index < -0.39 is 11.6 Å². The summed E-state index contributed by atoms with van der Waals surface area (Å²) in [5.74, 6) is -1.30.